The predicted molar refractivity (Wildman–Crippen MR) is 149 cm³/mol. The Morgan fingerprint density at radius 2 is 1.77 bits per heavy atom. The van der Waals surface area contributed by atoms with Crippen LogP contribution in [0.5, 0.6) is 17.2 Å². The number of aromatic hydroxyl groups is 2. The molecule has 3 N–H and O–H groups in total. The molecule has 1 unspecified atom stereocenters. The molecule has 1 atom stereocenters. The maximum absolute atomic E-state index is 14.1. The Hall–Kier alpha value is -4.34. The molecule has 5 rings (SSSR count). The number of halogens is 1. The highest BCUT2D eigenvalue weighted by molar-refractivity contribution is 7.17. The van der Waals surface area contributed by atoms with Gasteiger partial charge in [0.05, 0.1) is 34.5 Å². The minimum Gasteiger partial charge on any atom is -0.506 e. The largest absolute Gasteiger partial charge is 0.506 e. The van der Waals surface area contributed by atoms with Gasteiger partial charge in [0.2, 0.25) is 5.78 Å². The molecule has 0 spiro atoms. The zero-order valence-electron chi connectivity index (χ0n) is 20.9. The first-order valence-electron chi connectivity index (χ1n) is 12.0. The highest BCUT2D eigenvalue weighted by Crippen LogP contribution is 2.47. The predicted octanol–water partition coefficient (Wildman–Crippen LogP) is 6.36. The summed E-state index contributed by atoms with van der Waals surface area (Å²) < 4.78 is 5.53. The van der Waals surface area contributed by atoms with Crippen LogP contribution in [0.2, 0.25) is 5.02 Å². The van der Waals surface area contributed by atoms with Crippen molar-refractivity contribution in [1.29, 1.82) is 0 Å². The van der Waals surface area contributed by atoms with Gasteiger partial charge in [-0.3, -0.25) is 14.5 Å². The molecule has 0 saturated heterocycles. The van der Waals surface area contributed by atoms with Gasteiger partial charge >= 0.3 is 0 Å². The van der Waals surface area contributed by atoms with Crippen LogP contribution in [0.1, 0.15) is 33.9 Å². The van der Waals surface area contributed by atoms with Crippen molar-refractivity contribution >= 4 is 40.3 Å². The Labute approximate surface area is 233 Å². The van der Waals surface area contributed by atoms with Gasteiger partial charge in [-0.2, -0.15) is 0 Å². The van der Waals surface area contributed by atoms with Crippen LogP contribution >= 0.6 is 22.9 Å². The first-order valence-corrected chi connectivity index (χ1v) is 13.2. The Kier molecular flexibility index (Phi) is 7.03. The minimum atomic E-state index is -1.17. The quantitative estimate of drug-likeness (QED) is 0.224. The molecule has 1 aliphatic rings. The number of carbonyl (C=O) groups excluding carboxylic acids is 2. The molecular formula is C29H23ClN2O6S. The second-order valence-corrected chi connectivity index (χ2v) is 10.2. The third-order valence-corrected chi connectivity index (χ3v) is 7.71. The van der Waals surface area contributed by atoms with E-state index in [1.807, 2.05) is 30.3 Å². The lowest BCUT2D eigenvalue weighted by Gasteiger charge is -2.28. The SMILES string of the molecule is CCOc1cc(C2C(C(=O)c3sc(-c4ccccc4)nc3C)=C(O)C(=O)N2c2cc(Cl)ccc2O)ccc1O. The molecule has 1 amide bonds. The Morgan fingerprint density at radius 1 is 1.05 bits per heavy atom. The number of phenolic OH excluding ortho intramolecular Hbond substituents is 2. The van der Waals surface area contributed by atoms with E-state index >= 15 is 0 Å². The summed E-state index contributed by atoms with van der Waals surface area (Å²) in [4.78, 5) is 33.5. The van der Waals surface area contributed by atoms with Crippen LogP contribution in [0.3, 0.4) is 0 Å². The summed E-state index contributed by atoms with van der Waals surface area (Å²) in [5.41, 5.74) is 1.44. The van der Waals surface area contributed by atoms with E-state index in [1.54, 1.807) is 13.8 Å². The van der Waals surface area contributed by atoms with Crippen molar-refractivity contribution in [2.45, 2.75) is 19.9 Å². The van der Waals surface area contributed by atoms with Gasteiger partial charge in [-0.05, 0) is 49.7 Å². The minimum absolute atomic E-state index is 0.00360. The number of anilines is 1. The summed E-state index contributed by atoms with van der Waals surface area (Å²) in [5.74, 6) is -2.51. The van der Waals surface area contributed by atoms with Crippen molar-refractivity contribution in [3.63, 3.8) is 0 Å². The van der Waals surface area contributed by atoms with Crippen LogP contribution in [-0.2, 0) is 4.79 Å². The Morgan fingerprint density at radius 3 is 2.49 bits per heavy atom. The average molecular weight is 563 g/mol. The number of aryl methyl sites for hydroxylation is 1. The summed E-state index contributed by atoms with van der Waals surface area (Å²) in [7, 11) is 0. The lowest BCUT2D eigenvalue weighted by molar-refractivity contribution is -0.117. The maximum Gasteiger partial charge on any atom is 0.294 e. The zero-order valence-corrected chi connectivity index (χ0v) is 22.5. The number of ketones is 1. The number of aliphatic hydroxyl groups excluding tert-OH is 1. The van der Waals surface area contributed by atoms with Gasteiger partial charge < -0.3 is 20.1 Å². The number of carbonyl (C=O) groups is 2. The molecule has 0 radical (unpaired) electrons. The van der Waals surface area contributed by atoms with Crippen LogP contribution in [-0.4, -0.2) is 38.6 Å². The van der Waals surface area contributed by atoms with Gasteiger partial charge in [0.1, 0.15) is 10.8 Å². The summed E-state index contributed by atoms with van der Waals surface area (Å²) in [6.07, 6.45) is 0. The second kappa shape index (κ2) is 10.4. The molecule has 198 valence electrons. The molecule has 3 aromatic carbocycles. The lowest BCUT2D eigenvalue weighted by Crippen LogP contribution is -2.31. The van der Waals surface area contributed by atoms with Crippen LogP contribution < -0.4 is 9.64 Å². The number of thiazole rings is 1. The fourth-order valence-electron chi connectivity index (χ4n) is 4.50. The van der Waals surface area contributed by atoms with E-state index in [1.165, 1.54) is 36.4 Å². The molecule has 2 heterocycles. The Balaban J connectivity index is 1.68. The van der Waals surface area contributed by atoms with Crippen molar-refractivity contribution in [3.05, 3.63) is 99.2 Å². The molecular weight excluding hydrogens is 540 g/mol. The average Bonchev–Trinajstić information content (AvgIpc) is 3.44. The van der Waals surface area contributed by atoms with Crippen LogP contribution in [0.15, 0.2) is 78.1 Å². The van der Waals surface area contributed by atoms with Gasteiger partial charge in [0, 0.05) is 10.6 Å². The van der Waals surface area contributed by atoms with Crippen LogP contribution in [0.25, 0.3) is 10.6 Å². The molecule has 0 fully saturated rings. The van der Waals surface area contributed by atoms with E-state index in [2.05, 4.69) is 4.98 Å². The number of aliphatic hydroxyl groups is 1. The fraction of sp³-hybridized carbons (Fsp3) is 0.138. The number of amides is 1. The summed E-state index contributed by atoms with van der Waals surface area (Å²) in [6.45, 7) is 3.70. The van der Waals surface area contributed by atoms with E-state index in [0.29, 0.717) is 16.3 Å². The number of hydrogen-bond donors (Lipinski definition) is 3. The van der Waals surface area contributed by atoms with E-state index in [9.17, 15) is 24.9 Å². The number of rotatable bonds is 7. The monoisotopic (exact) mass is 562 g/mol. The first kappa shape index (κ1) is 26.3. The highest BCUT2D eigenvalue weighted by atomic mass is 35.5. The molecule has 39 heavy (non-hydrogen) atoms. The summed E-state index contributed by atoms with van der Waals surface area (Å²) in [5, 5.41) is 32.9. The standard InChI is InChI=1S/C29H23ClN2O6S/c1-3-38-22-13-17(9-11-21(22)34)24-23(26(36)29(37)32(24)19-14-18(30)10-12-20(19)33)25(35)27-15(2)31-28(39-27)16-7-5-4-6-8-16/h4-14,24,33-34,36H,3H2,1-2H3. The molecule has 0 bridgehead atoms. The van der Waals surface area contributed by atoms with Crippen molar-refractivity contribution < 1.29 is 29.6 Å². The Bertz CT molecular complexity index is 1630. The van der Waals surface area contributed by atoms with Gasteiger partial charge in [-0.25, -0.2) is 4.98 Å². The number of ether oxygens (including phenoxy) is 1. The number of benzene rings is 3. The number of Topliss-reactive ketones (excluding diaryl/α,β-unsaturated/α-hetero) is 1. The zero-order chi connectivity index (χ0) is 27.8. The van der Waals surface area contributed by atoms with Crippen molar-refractivity contribution in [2.24, 2.45) is 0 Å². The highest BCUT2D eigenvalue weighted by Gasteiger charge is 2.46. The molecule has 1 aliphatic heterocycles. The third kappa shape index (κ3) is 4.71. The maximum atomic E-state index is 14.1. The van der Waals surface area contributed by atoms with Crippen LogP contribution in [0.4, 0.5) is 5.69 Å². The molecule has 10 heteroatoms. The fourth-order valence-corrected chi connectivity index (χ4v) is 5.69. The molecule has 0 aliphatic carbocycles. The van der Waals surface area contributed by atoms with E-state index < -0.39 is 23.5 Å². The summed E-state index contributed by atoms with van der Waals surface area (Å²) >= 11 is 7.34. The number of hydrogen-bond acceptors (Lipinski definition) is 8. The van der Waals surface area contributed by atoms with E-state index in [4.69, 9.17) is 16.3 Å². The van der Waals surface area contributed by atoms with Gasteiger partial charge in [0.25, 0.3) is 5.91 Å². The van der Waals surface area contributed by atoms with Crippen molar-refractivity contribution in [1.82, 2.24) is 4.98 Å². The number of nitrogens with zero attached hydrogens (tertiary/aromatic N) is 2. The van der Waals surface area contributed by atoms with E-state index in [-0.39, 0.29) is 45.0 Å². The van der Waals surface area contributed by atoms with Crippen LogP contribution in [0, 0.1) is 6.92 Å². The molecule has 1 aromatic heterocycles. The van der Waals surface area contributed by atoms with Crippen molar-refractivity contribution in [3.8, 4) is 27.8 Å². The number of aromatic nitrogens is 1. The molecule has 0 saturated carbocycles. The molecule has 8 nitrogen and oxygen atoms in total. The second-order valence-electron chi connectivity index (χ2n) is 8.76. The third-order valence-electron chi connectivity index (χ3n) is 6.27. The van der Waals surface area contributed by atoms with Gasteiger partial charge in [-0.15, -0.1) is 11.3 Å². The van der Waals surface area contributed by atoms with E-state index in [0.717, 1.165) is 21.8 Å². The summed E-state index contributed by atoms with van der Waals surface area (Å²) in [6, 6.07) is 16.7. The van der Waals surface area contributed by atoms with Gasteiger partial charge in [0.15, 0.2) is 17.3 Å². The smallest absolute Gasteiger partial charge is 0.294 e. The van der Waals surface area contributed by atoms with Crippen molar-refractivity contribution in [2.75, 3.05) is 11.5 Å². The lowest BCUT2D eigenvalue weighted by atomic mass is 9.94. The normalized spacial score (nSPS) is 15.2. The molecule has 4 aromatic rings. The first-order chi connectivity index (χ1) is 18.7. The van der Waals surface area contributed by atoms with Gasteiger partial charge in [-0.1, -0.05) is 48.0 Å². The topological polar surface area (TPSA) is 120 Å². The number of phenols is 2.